The predicted molar refractivity (Wildman–Crippen MR) is 91.0 cm³/mol. The second-order valence-corrected chi connectivity index (χ2v) is 6.19. The topological polar surface area (TPSA) is 45.5 Å². The first-order valence-corrected chi connectivity index (χ1v) is 7.50. The second kappa shape index (κ2) is 6.31. The summed E-state index contributed by atoms with van der Waals surface area (Å²) in [5, 5.41) is 10.6. The number of halogens is 1. The number of likely N-dealkylation sites (N-methyl/N-ethyl adjacent to an activating group) is 1. The number of rotatable bonds is 3. The zero-order valence-electron chi connectivity index (χ0n) is 13.2. The molecule has 1 aromatic heterocycles. The van der Waals surface area contributed by atoms with Crippen molar-refractivity contribution < 1.29 is 9.90 Å². The van der Waals surface area contributed by atoms with E-state index in [1.54, 1.807) is 6.92 Å². The molecule has 1 heterocycles. The van der Waals surface area contributed by atoms with Crippen molar-refractivity contribution in [2.45, 2.75) is 38.3 Å². The summed E-state index contributed by atoms with van der Waals surface area (Å²) in [5.74, 6) is -0.770. The molecule has 1 aliphatic rings. The van der Waals surface area contributed by atoms with Crippen molar-refractivity contribution in [1.29, 1.82) is 0 Å². The van der Waals surface area contributed by atoms with Gasteiger partial charge in [-0.1, -0.05) is 18.2 Å². The molecule has 1 N–H and O–H groups in total. The Hall–Kier alpha value is -1.52. The van der Waals surface area contributed by atoms with Crippen LogP contribution in [0.15, 0.2) is 24.3 Å². The number of carboxylic acid groups (broad SMARTS) is 1. The summed E-state index contributed by atoms with van der Waals surface area (Å²) in [6.07, 6.45) is 3.04. The summed E-state index contributed by atoms with van der Waals surface area (Å²) in [6.45, 7) is 1.77. The highest BCUT2D eigenvalue weighted by atomic mass is 35.5. The van der Waals surface area contributed by atoms with Crippen LogP contribution in [0, 0.1) is 0 Å². The van der Waals surface area contributed by atoms with Gasteiger partial charge in [-0.05, 0) is 51.9 Å². The van der Waals surface area contributed by atoms with E-state index in [9.17, 15) is 9.90 Å². The molecule has 0 spiro atoms. The Kier molecular flexibility index (Phi) is 4.83. The number of carbonyl (C=O) groups is 1. The summed E-state index contributed by atoms with van der Waals surface area (Å²) in [6, 6.07) is 8.21. The fourth-order valence-corrected chi connectivity index (χ4v) is 3.52. The Balaban J connectivity index is 0.00000176. The first-order valence-electron chi connectivity index (χ1n) is 7.50. The minimum Gasteiger partial charge on any atom is -0.480 e. The Morgan fingerprint density at radius 2 is 2.05 bits per heavy atom. The van der Waals surface area contributed by atoms with Gasteiger partial charge in [-0.2, -0.15) is 0 Å². The molecule has 2 atom stereocenters. The van der Waals surface area contributed by atoms with Gasteiger partial charge >= 0.3 is 5.97 Å². The number of aliphatic carboxylic acids is 1. The minimum atomic E-state index is -0.770. The van der Waals surface area contributed by atoms with Crippen molar-refractivity contribution in [1.82, 2.24) is 9.47 Å². The molecule has 3 rings (SSSR count). The van der Waals surface area contributed by atoms with Crippen LogP contribution in [0.1, 0.15) is 30.6 Å². The Labute approximate surface area is 137 Å². The first kappa shape index (κ1) is 16.8. The average Bonchev–Trinajstić information content (AvgIpc) is 2.80. The van der Waals surface area contributed by atoms with Crippen LogP contribution in [0.3, 0.4) is 0 Å². The number of nitrogens with zero attached hydrogens (tertiary/aromatic N) is 2. The number of carboxylic acids is 1. The van der Waals surface area contributed by atoms with E-state index in [4.69, 9.17) is 0 Å². The summed E-state index contributed by atoms with van der Waals surface area (Å²) in [7, 11) is 4.24. The Bertz CT molecular complexity index is 693. The van der Waals surface area contributed by atoms with E-state index in [-0.39, 0.29) is 12.4 Å². The SMILES string of the molecule is CC(C(=O)O)n1c2c(c3ccccc31)CC(N(C)C)CC2.Cl. The number of hydrogen-bond donors (Lipinski definition) is 1. The Morgan fingerprint density at radius 1 is 1.36 bits per heavy atom. The zero-order chi connectivity index (χ0) is 15.1. The van der Waals surface area contributed by atoms with Gasteiger partial charge in [0.05, 0.1) is 0 Å². The van der Waals surface area contributed by atoms with Crippen LogP contribution >= 0.6 is 12.4 Å². The van der Waals surface area contributed by atoms with E-state index in [1.807, 2.05) is 22.8 Å². The lowest BCUT2D eigenvalue weighted by atomic mass is 9.90. The van der Waals surface area contributed by atoms with E-state index in [0.29, 0.717) is 6.04 Å². The van der Waals surface area contributed by atoms with Crippen LogP contribution < -0.4 is 0 Å². The molecule has 22 heavy (non-hydrogen) atoms. The van der Waals surface area contributed by atoms with Crippen LogP contribution in [0.4, 0.5) is 0 Å². The van der Waals surface area contributed by atoms with Crippen molar-refractivity contribution >= 4 is 29.3 Å². The van der Waals surface area contributed by atoms with Crippen molar-refractivity contribution in [3.63, 3.8) is 0 Å². The Morgan fingerprint density at radius 3 is 2.68 bits per heavy atom. The number of benzene rings is 1. The van der Waals surface area contributed by atoms with Gasteiger partial charge in [-0.3, -0.25) is 0 Å². The highest BCUT2D eigenvalue weighted by Gasteiger charge is 2.29. The maximum absolute atomic E-state index is 11.5. The summed E-state index contributed by atoms with van der Waals surface area (Å²) in [5.41, 5.74) is 3.60. The normalized spacial score (nSPS) is 18.8. The molecule has 5 heteroatoms. The maximum Gasteiger partial charge on any atom is 0.326 e. The minimum absolute atomic E-state index is 0. The molecule has 0 amide bonds. The van der Waals surface area contributed by atoms with Gasteiger partial charge in [0, 0.05) is 22.6 Å². The molecule has 120 valence electrons. The molecule has 1 aromatic carbocycles. The van der Waals surface area contributed by atoms with E-state index < -0.39 is 12.0 Å². The molecule has 1 aliphatic carbocycles. The van der Waals surface area contributed by atoms with Crippen molar-refractivity contribution in [2.75, 3.05) is 14.1 Å². The van der Waals surface area contributed by atoms with Gasteiger partial charge in [0.25, 0.3) is 0 Å². The van der Waals surface area contributed by atoms with Crippen LogP contribution in [-0.4, -0.2) is 40.7 Å². The van der Waals surface area contributed by atoms with Crippen molar-refractivity contribution in [3.05, 3.63) is 35.5 Å². The second-order valence-electron chi connectivity index (χ2n) is 6.19. The van der Waals surface area contributed by atoms with Gasteiger partial charge < -0.3 is 14.6 Å². The fourth-order valence-electron chi connectivity index (χ4n) is 3.52. The third-order valence-corrected chi connectivity index (χ3v) is 4.76. The van der Waals surface area contributed by atoms with Crippen molar-refractivity contribution in [3.8, 4) is 0 Å². The lowest BCUT2D eigenvalue weighted by Gasteiger charge is -2.29. The highest BCUT2D eigenvalue weighted by molar-refractivity contribution is 5.88. The molecule has 0 aliphatic heterocycles. The van der Waals surface area contributed by atoms with E-state index in [2.05, 4.69) is 25.1 Å². The van der Waals surface area contributed by atoms with Crippen LogP contribution in [-0.2, 0) is 17.6 Å². The monoisotopic (exact) mass is 322 g/mol. The lowest BCUT2D eigenvalue weighted by molar-refractivity contribution is -0.140. The fraction of sp³-hybridized carbons (Fsp3) is 0.471. The van der Waals surface area contributed by atoms with Crippen LogP contribution in [0.5, 0.6) is 0 Å². The molecule has 4 nitrogen and oxygen atoms in total. The van der Waals surface area contributed by atoms with Gasteiger partial charge in [-0.25, -0.2) is 4.79 Å². The number of hydrogen-bond acceptors (Lipinski definition) is 2. The number of para-hydroxylation sites is 1. The molecule has 0 fully saturated rings. The molecule has 0 saturated heterocycles. The maximum atomic E-state index is 11.5. The lowest BCUT2D eigenvalue weighted by Crippen LogP contribution is -2.34. The van der Waals surface area contributed by atoms with Gasteiger partial charge in [0.15, 0.2) is 0 Å². The standard InChI is InChI=1S/C17H22N2O2.ClH/c1-11(17(20)21)19-15-7-5-4-6-13(15)14-10-12(18(2)3)8-9-16(14)19;/h4-7,11-12H,8-10H2,1-3H3,(H,20,21);1H. The van der Waals surface area contributed by atoms with E-state index >= 15 is 0 Å². The molecule has 0 bridgehead atoms. The molecule has 0 radical (unpaired) electrons. The smallest absolute Gasteiger partial charge is 0.326 e. The van der Waals surface area contributed by atoms with Gasteiger partial charge in [0.1, 0.15) is 6.04 Å². The summed E-state index contributed by atoms with van der Waals surface area (Å²) < 4.78 is 2.03. The number of fused-ring (bicyclic) bond motifs is 3. The first-order chi connectivity index (χ1) is 10.0. The molecular formula is C17H23ClN2O2. The van der Waals surface area contributed by atoms with E-state index in [0.717, 1.165) is 24.8 Å². The largest absolute Gasteiger partial charge is 0.480 e. The van der Waals surface area contributed by atoms with Gasteiger partial charge in [0.2, 0.25) is 0 Å². The average molecular weight is 323 g/mol. The summed E-state index contributed by atoms with van der Waals surface area (Å²) in [4.78, 5) is 13.7. The van der Waals surface area contributed by atoms with Crippen LogP contribution in [0.2, 0.25) is 0 Å². The van der Waals surface area contributed by atoms with Crippen molar-refractivity contribution in [2.24, 2.45) is 0 Å². The molecule has 2 unspecified atom stereocenters. The molecular weight excluding hydrogens is 300 g/mol. The number of aromatic nitrogens is 1. The predicted octanol–water partition coefficient (Wildman–Crippen LogP) is 3.13. The third-order valence-electron chi connectivity index (χ3n) is 4.76. The van der Waals surface area contributed by atoms with E-state index in [1.165, 1.54) is 16.6 Å². The molecule has 0 saturated carbocycles. The zero-order valence-corrected chi connectivity index (χ0v) is 14.1. The summed E-state index contributed by atoms with van der Waals surface area (Å²) >= 11 is 0. The van der Waals surface area contributed by atoms with Crippen LogP contribution in [0.25, 0.3) is 10.9 Å². The van der Waals surface area contributed by atoms with Gasteiger partial charge in [-0.15, -0.1) is 12.4 Å². The third kappa shape index (κ3) is 2.61. The quantitative estimate of drug-likeness (QED) is 0.944. The highest BCUT2D eigenvalue weighted by Crippen LogP contribution is 2.35. The molecule has 2 aromatic rings.